The molecule has 0 aliphatic carbocycles. The number of carbonyl (C=O) groups is 2. The van der Waals surface area contributed by atoms with Crippen molar-refractivity contribution in [2.24, 2.45) is 16.5 Å². The van der Waals surface area contributed by atoms with Gasteiger partial charge in [0.05, 0.1) is 12.9 Å². The summed E-state index contributed by atoms with van der Waals surface area (Å²) in [7, 11) is 1.14. The van der Waals surface area contributed by atoms with E-state index in [1.807, 2.05) is 5.32 Å². The molecule has 0 fully saturated rings. The third-order valence-electron chi connectivity index (χ3n) is 0.998. The fourth-order valence-electron chi connectivity index (χ4n) is 0.484. The first-order valence-electron chi connectivity index (χ1n) is 3.64. The highest BCUT2D eigenvalue weighted by molar-refractivity contribution is 8.14. The van der Waals surface area contributed by atoms with Gasteiger partial charge in [-0.2, -0.15) is 4.99 Å². The second kappa shape index (κ2) is 6.65. The number of hydrogen-bond donors (Lipinski definition) is 4. The predicted molar refractivity (Wildman–Crippen MR) is 56.5 cm³/mol. The number of ether oxygens (including phenoxy) is 1. The van der Waals surface area contributed by atoms with Crippen LogP contribution in [-0.4, -0.2) is 36.0 Å². The number of carbonyl (C=O) groups excluding carboxylic acids is 2. The number of hydrogen-bond acceptors (Lipinski definition) is 5. The Kier molecular flexibility index (Phi) is 5.86. The summed E-state index contributed by atoms with van der Waals surface area (Å²) in [5.41, 5.74) is 10.0. The molecule has 0 saturated carbocycles. The Morgan fingerprint density at radius 2 is 2.13 bits per heavy atom. The molecular formula is C6H11N5O3S. The number of nitrogens with zero attached hydrogens (tertiary/aromatic N) is 1. The van der Waals surface area contributed by atoms with Crippen molar-refractivity contribution in [1.29, 1.82) is 5.41 Å². The first-order chi connectivity index (χ1) is 6.95. The first-order valence-corrected chi connectivity index (χ1v) is 4.63. The van der Waals surface area contributed by atoms with Gasteiger partial charge in [-0.15, -0.1) is 0 Å². The van der Waals surface area contributed by atoms with Gasteiger partial charge in [-0.05, 0) is 0 Å². The molecule has 0 atom stereocenters. The summed E-state index contributed by atoms with van der Waals surface area (Å²) in [4.78, 5) is 24.9. The van der Waals surface area contributed by atoms with Gasteiger partial charge in [-0.1, -0.05) is 11.8 Å². The number of thioether (sulfide) groups is 1. The highest BCUT2D eigenvalue weighted by Gasteiger charge is 2.08. The average molecular weight is 233 g/mol. The maximum absolute atomic E-state index is 11.0. The molecule has 6 N–H and O–H groups in total. The number of methoxy groups -OCH3 is 1. The van der Waals surface area contributed by atoms with Gasteiger partial charge in [0.15, 0.2) is 11.1 Å². The third kappa shape index (κ3) is 7.31. The lowest BCUT2D eigenvalue weighted by Gasteiger charge is -2.01. The first kappa shape index (κ1) is 13.2. The van der Waals surface area contributed by atoms with E-state index in [4.69, 9.17) is 16.9 Å². The molecule has 0 aromatic rings. The van der Waals surface area contributed by atoms with E-state index in [9.17, 15) is 9.59 Å². The van der Waals surface area contributed by atoms with Crippen LogP contribution in [0.25, 0.3) is 0 Å². The van der Waals surface area contributed by atoms with E-state index in [-0.39, 0.29) is 16.9 Å². The van der Waals surface area contributed by atoms with E-state index in [0.29, 0.717) is 0 Å². The number of amides is 2. The maximum Gasteiger partial charge on any atom is 0.413 e. The van der Waals surface area contributed by atoms with Crippen molar-refractivity contribution in [2.75, 3.05) is 12.9 Å². The molecule has 0 saturated heterocycles. The molecule has 2 amide bonds. The van der Waals surface area contributed by atoms with Gasteiger partial charge in [0, 0.05) is 0 Å². The number of amidine groups is 1. The second-order valence-electron chi connectivity index (χ2n) is 2.17. The van der Waals surface area contributed by atoms with Gasteiger partial charge >= 0.3 is 6.09 Å². The molecule has 0 aromatic carbocycles. The second-order valence-corrected chi connectivity index (χ2v) is 3.13. The lowest BCUT2D eigenvalue weighted by atomic mass is 10.7. The monoisotopic (exact) mass is 233 g/mol. The van der Waals surface area contributed by atoms with Crippen molar-refractivity contribution < 1.29 is 14.3 Å². The third-order valence-corrected chi connectivity index (χ3v) is 1.77. The zero-order valence-electron chi connectivity index (χ0n) is 7.94. The van der Waals surface area contributed by atoms with Crippen LogP contribution >= 0.6 is 11.8 Å². The Hall–Kier alpha value is -1.77. The molecular weight excluding hydrogens is 222 g/mol. The van der Waals surface area contributed by atoms with Crippen molar-refractivity contribution in [2.45, 2.75) is 0 Å². The Bertz CT molecular complexity index is 299. The number of guanidine groups is 1. The quantitative estimate of drug-likeness (QED) is 0.348. The van der Waals surface area contributed by atoms with E-state index in [1.54, 1.807) is 0 Å². The van der Waals surface area contributed by atoms with E-state index in [1.165, 1.54) is 0 Å². The molecule has 84 valence electrons. The molecule has 0 aliphatic rings. The normalized spacial score (nSPS) is 8.87. The van der Waals surface area contributed by atoms with Gasteiger partial charge in [0.25, 0.3) is 0 Å². The fraction of sp³-hybridized carbons (Fsp3) is 0.333. The van der Waals surface area contributed by atoms with Crippen LogP contribution in [0, 0.1) is 5.41 Å². The highest BCUT2D eigenvalue weighted by Crippen LogP contribution is 2.02. The van der Waals surface area contributed by atoms with Crippen molar-refractivity contribution in [3.63, 3.8) is 0 Å². The van der Waals surface area contributed by atoms with Gasteiger partial charge in [-0.25, -0.2) is 4.79 Å². The van der Waals surface area contributed by atoms with Gasteiger partial charge < -0.3 is 16.2 Å². The van der Waals surface area contributed by atoms with Crippen molar-refractivity contribution in [3.8, 4) is 0 Å². The average Bonchev–Trinajstić information content (AvgIpc) is 2.13. The fourth-order valence-corrected chi connectivity index (χ4v) is 0.994. The molecule has 15 heavy (non-hydrogen) atoms. The van der Waals surface area contributed by atoms with Crippen LogP contribution in [0.15, 0.2) is 4.99 Å². The van der Waals surface area contributed by atoms with Crippen LogP contribution in [0.2, 0.25) is 0 Å². The number of alkyl carbamates (subject to hydrolysis) is 1. The Morgan fingerprint density at radius 1 is 1.53 bits per heavy atom. The summed E-state index contributed by atoms with van der Waals surface area (Å²) in [5.74, 6) is -1.01. The van der Waals surface area contributed by atoms with E-state index in [2.05, 4.69) is 9.73 Å². The topological polar surface area (TPSA) is 144 Å². The summed E-state index contributed by atoms with van der Waals surface area (Å²) in [6, 6.07) is 0. The summed E-state index contributed by atoms with van der Waals surface area (Å²) in [6.07, 6.45) is -0.853. The zero-order chi connectivity index (χ0) is 11.8. The van der Waals surface area contributed by atoms with Crippen LogP contribution in [0.5, 0.6) is 0 Å². The van der Waals surface area contributed by atoms with E-state index in [0.717, 1.165) is 18.9 Å². The number of nitrogens with one attached hydrogen (secondary N) is 2. The Balaban J connectivity index is 3.86. The summed E-state index contributed by atoms with van der Waals surface area (Å²) < 4.78 is 4.19. The van der Waals surface area contributed by atoms with E-state index < -0.39 is 12.0 Å². The molecule has 9 heteroatoms. The zero-order valence-corrected chi connectivity index (χ0v) is 8.76. The van der Waals surface area contributed by atoms with Crippen LogP contribution in [0.4, 0.5) is 4.79 Å². The van der Waals surface area contributed by atoms with Crippen molar-refractivity contribution in [1.82, 2.24) is 5.32 Å². The molecule has 0 radical (unpaired) electrons. The molecule has 0 aromatic heterocycles. The SMILES string of the molecule is COC(=O)NC(=O)CSC(=N)N=C(N)N. The molecule has 0 unspecified atom stereocenters. The number of nitrogens with two attached hydrogens (primary N) is 2. The van der Waals surface area contributed by atoms with Gasteiger partial charge in [-0.3, -0.25) is 15.5 Å². The number of rotatable bonds is 2. The minimum atomic E-state index is -0.853. The predicted octanol–water partition coefficient (Wildman–Crippen LogP) is -1.19. The highest BCUT2D eigenvalue weighted by atomic mass is 32.2. The van der Waals surface area contributed by atoms with E-state index >= 15 is 0 Å². The number of aliphatic imine (C=N–C) groups is 1. The molecule has 0 aliphatic heterocycles. The Labute approximate surface area is 89.9 Å². The standard InChI is InChI=1S/C6H11N5O3S/c1-14-6(13)10-3(12)2-15-5(9)11-4(7)8/h2H2,1H3,(H,10,12,13)(H5,7,8,9,11). The summed E-state index contributed by atoms with van der Waals surface area (Å²) >= 11 is 0.781. The lowest BCUT2D eigenvalue weighted by Crippen LogP contribution is -2.32. The largest absolute Gasteiger partial charge is 0.453 e. The molecule has 0 bridgehead atoms. The minimum absolute atomic E-state index is 0.148. The molecule has 0 rings (SSSR count). The minimum Gasteiger partial charge on any atom is -0.453 e. The van der Waals surface area contributed by atoms with Gasteiger partial charge in [0.1, 0.15) is 0 Å². The van der Waals surface area contributed by atoms with Crippen LogP contribution < -0.4 is 16.8 Å². The summed E-state index contributed by atoms with van der Waals surface area (Å²) in [6.45, 7) is 0. The van der Waals surface area contributed by atoms with Gasteiger partial charge in [0.2, 0.25) is 5.91 Å². The van der Waals surface area contributed by atoms with Crippen molar-refractivity contribution >= 4 is 34.9 Å². The Morgan fingerprint density at radius 3 is 2.60 bits per heavy atom. The smallest absolute Gasteiger partial charge is 0.413 e. The van der Waals surface area contributed by atoms with Crippen LogP contribution in [0.1, 0.15) is 0 Å². The van der Waals surface area contributed by atoms with Crippen LogP contribution in [-0.2, 0) is 9.53 Å². The summed E-state index contributed by atoms with van der Waals surface area (Å²) in [5, 5.41) is 8.86. The maximum atomic E-state index is 11.0. The molecule has 8 nitrogen and oxygen atoms in total. The number of imide groups is 1. The molecule has 0 spiro atoms. The van der Waals surface area contributed by atoms with Crippen LogP contribution in [0.3, 0.4) is 0 Å². The lowest BCUT2D eigenvalue weighted by molar-refractivity contribution is -0.117. The van der Waals surface area contributed by atoms with Crippen molar-refractivity contribution in [3.05, 3.63) is 0 Å². The molecule has 0 heterocycles.